The number of benzene rings is 2. The summed E-state index contributed by atoms with van der Waals surface area (Å²) in [5.41, 5.74) is 3.04. The molecule has 1 atom stereocenters. The van der Waals surface area contributed by atoms with Crippen molar-refractivity contribution in [2.75, 3.05) is 20.3 Å². The minimum atomic E-state index is -0.772. The third-order valence-corrected chi connectivity index (χ3v) is 7.02. The molecule has 0 saturated carbocycles. The number of hydrogen-bond donors (Lipinski definition) is 1. The molecule has 1 aliphatic heterocycles. The highest BCUT2D eigenvalue weighted by molar-refractivity contribution is 6.46. The van der Waals surface area contributed by atoms with Crippen LogP contribution < -0.4 is 9.47 Å². The Balaban J connectivity index is 1.76. The summed E-state index contributed by atoms with van der Waals surface area (Å²) in [7, 11) is 1.56. The van der Waals surface area contributed by atoms with Gasteiger partial charge in [-0.1, -0.05) is 37.6 Å². The number of rotatable bonds is 11. The molecule has 206 valence electrons. The average Bonchev–Trinajstić information content (AvgIpc) is 3.52. The molecule has 0 radical (unpaired) electrons. The highest BCUT2D eigenvalue weighted by atomic mass is 16.5. The van der Waals surface area contributed by atoms with Crippen molar-refractivity contribution < 1.29 is 24.2 Å². The number of Topliss-reactive ketones (excluding diaryl/α,β-unsaturated/α-hetero) is 1. The van der Waals surface area contributed by atoms with Crippen molar-refractivity contribution >= 4 is 17.4 Å². The molecule has 4 rings (SSSR count). The Morgan fingerprint density at radius 3 is 2.56 bits per heavy atom. The Bertz CT molecular complexity index is 1360. The molecular weight excluding hydrogens is 494 g/mol. The second-order valence-corrected chi connectivity index (χ2v) is 10.4. The lowest BCUT2D eigenvalue weighted by Gasteiger charge is -2.26. The fourth-order valence-electron chi connectivity index (χ4n) is 4.81. The van der Waals surface area contributed by atoms with Crippen LogP contribution in [0, 0.1) is 19.8 Å². The first-order valence-corrected chi connectivity index (χ1v) is 13.3. The molecule has 1 amide bonds. The summed E-state index contributed by atoms with van der Waals surface area (Å²) in [6, 6.07) is 10.3. The van der Waals surface area contributed by atoms with Gasteiger partial charge < -0.3 is 24.0 Å². The van der Waals surface area contributed by atoms with E-state index >= 15 is 0 Å². The smallest absolute Gasteiger partial charge is 0.295 e. The largest absolute Gasteiger partial charge is 0.507 e. The van der Waals surface area contributed by atoms with Gasteiger partial charge in [0.2, 0.25) is 0 Å². The first-order valence-electron chi connectivity index (χ1n) is 13.3. The topological polar surface area (TPSA) is 93.9 Å². The monoisotopic (exact) mass is 531 g/mol. The molecule has 1 saturated heterocycles. The van der Waals surface area contributed by atoms with Crippen molar-refractivity contribution in [1.82, 2.24) is 14.5 Å². The van der Waals surface area contributed by atoms with E-state index in [1.807, 2.05) is 48.9 Å². The number of carbonyl (C=O) groups is 2. The maximum absolute atomic E-state index is 13.4. The van der Waals surface area contributed by atoms with Crippen LogP contribution in [0.1, 0.15) is 55.0 Å². The number of aromatic nitrogens is 2. The number of amides is 1. The number of ether oxygens (including phenoxy) is 2. The number of aliphatic hydroxyl groups excluding tert-OH is 1. The van der Waals surface area contributed by atoms with E-state index in [1.165, 1.54) is 0 Å². The van der Waals surface area contributed by atoms with Crippen molar-refractivity contribution in [3.8, 4) is 11.5 Å². The van der Waals surface area contributed by atoms with Gasteiger partial charge in [-0.25, -0.2) is 4.98 Å². The second kappa shape index (κ2) is 12.2. The Morgan fingerprint density at radius 1 is 1.08 bits per heavy atom. The Labute approximate surface area is 229 Å². The van der Waals surface area contributed by atoms with Crippen molar-refractivity contribution in [2.45, 2.75) is 53.1 Å². The minimum absolute atomic E-state index is 0.0758. The van der Waals surface area contributed by atoms with Crippen LogP contribution in [-0.2, 0) is 16.1 Å². The molecule has 0 aliphatic carbocycles. The molecule has 39 heavy (non-hydrogen) atoms. The van der Waals surface area contributed by atoms with Crippen LogP contribution in [0.25, 0.3) is 5.76 Å². The van der Waals surface area contributed by atoms with Gasteiger partial charge in [0.05, 0.1) is 31.7 Å². The van der Waals surface area contributed by atoms with E-state index in [4.69, 9.17) is 9.47 Å². The molecular formula is C31H37N3O5. The predicted molar refractivity (Wildman–Crippen MR) is 150 cm³/mol. The lowest BCUT2D eigenvalue weighted by atomic mass is 9.93. The van der Waals surface area contributed by atoms with Crippen molar-refractivity contribution in [1.29, 1.82) is 0 Å². The molecule has 0 bridgehead atoms. The van der Waals surface area contributed by atoms with Crippen LogP contribution >= 0.6 is 0 Å². The first-order chi connectivity index (χ1) is 18.7. The van der Waals surface area contributed by atoms with Crippen molar-refractivity contribution in [3.05, 3.63) is 82.9 Å². The minimum Gasteiger partial charge on any atom is -0.507 e. The second-order valence-electron chi connectivity index (χ2n) is 10.4. The SMILES string of the molecule is COc1cc(C2/C(=C(\O)c3cc(C)ccc3C)C(=O)C(=O)N2CCCn2ccnc2)ccc1OCCC(C)C. The zero-order chi connectivity index (χ0) is 28.1. The Morgan fingerprint density at radius 2 is 1.87 bits per heavy atom. The summed E-state index contributed by atoms with van der Waals surface area (Å²) in [5.74, 6) is 0.0989. The Hall–Kier alpha value is -4.07. The maximum Gasteiger partial charge on any atom is 0.295 e. The van der Waals surface area contributed by atoms with Gasteiger partial charge >= 0.3 is 0 Å². The fraction of sp³-hybridized carbons (Fsp3) is 0.387. The van der Waals surface area contributed by atoms with Crippen LogP contribution in [0.2, 0.25) is 0 Å². The molecule has 2 heterocycles. The number of aryl methyl sites for hydroxylation is 3. The zero-order valence-electron chi connectivity index (χ0n) is 23.3. The van der Waals surface area contributed by atoms with E-state index in [2.05, 4.69) is 18.8 Å². The van der Waals surface area contributed by atoms with Crippen molar-refractivity contribution in [2.24, 2.45) is 5.92 Å². The van der Waals surface area contributed by atoms with Crippen LogP contribution in [-0.4, -0.2) is 51.5 Å². The average molecular weight is 532 g/mol. The number of hydrogen-bond acceptors (Lipinski definition) is 6. The van der Waals surface area contributed by atoms with Gasteiger partial charge in [0, 0.05) is 31.0 Å². The van der Waals surface area contributed by atoms with E-state index in [1.54, 1.807) is 36.7 Å². The molecule has 1 aromatic heterocycles. The summed E-state index contributed by atoms with van der Waals surface area (Å²) in [5, 5.41) is 11.5. The van der Waals surface area contributed by atoms with Gasteiger partial charge in [0.25, 0.3) is 11.7 Å². The normalized spacial score (nSPS) is 16.8. The van der Waals surface area contributed by atoms with Crippen molar-refractivity contribution in [3.63, 3.8) is 0 Å². The summed E-state index contributed by atoms with van der Waals surface area (Å²) in [4.78, 5) is 32.4. The third-order valence-electron chi connectivity index (χ3n) is 7.02. The molecule has 2 aromatic carbocycles. The van der Waals surface area contributed by atoms with E-state index in [9.17, 15) is 14.7 Å². The van der Waals surface area contributed by atoms with E-state index in [-0.39, 0.29) is 11.3 Å². The molecule has 8 heteroatoms. The molecule has 3 aromatic rings. The summed E-state index contributed by atoms with van der Waals surface area (Å²) in [6.45, 7) is 9.57. The summed E-state index contributed by atoms with van der Waals surface area (Å²) < 4.78 is 13.5. The number of methoxy groups -OCH3 is 1. The fourth-order valence-corrected chi connectivity index (χ4v) is 4.81. The molecule has 0 spiro atoms. The lowest BCUT2D eigenvalue weighted by molar-refractivity contribution is -0.139. The van der Waals surface area contributed by atoms with E-state index in [0.29, 0.717) is 54.7 Å². The van der Waals surface area contributed by atoms with Gasteiger partial charge in [-0.2, -0.15) is 0 Å². The van der Waals surface area contributed by atoms with Gasteiger partial charge in [-0.3, -0.25) is 9.59 Å². The maximum atomic E-state index is 13.4. The van der Waals surface area contributed by atoms with Crippen LogP contribution in [0.5, 0.6) is 11.5 Å². The van der Waals surface area contributed by atoms with Crippen LogP contribution in [0.3, 0.4) is 0 Å². The molecule has 8 nitrogen and oxygen atoms in total. The van der Waals surface area contributed by atoms with Gasteiger partial charge in [-0.05, 0) is 61.9 Å². The number of imidazole rings is 1. The number of nitrogens with zero attached hydrogens (tertiary/aromatic N) is 3. The standard InChI is InChI=1S/C31H37N3O5/c1-20(2)11-16-39-25-10-9-23(18-26(25)38-5)28-27(29(35)24-17-21(3)7-8-22(24)4)30(36)31(37)34(28)14-6-13-33-15-12-32-19-33/h7-10,12,15,17-20,28,35H,6,11,13-14,16H2,1-5H3/b29-27+. The van der Waals surface area contributed by atoms with Gasteiger partial charge in [0.1, 0.15) is 5.76 Å². The predicted octanol–water partition coefficient (Wildman–Crippen LogP) is 5.45. The van der Waals surface area contributed by atoms with Gasteiger partial charge in [0.15, 0.2) is 11.5 Å². The molecule has 1 N–H and O–H groups in total. The molecule has 1 fully saturated rings. The summed E-state index contributed by atoms with van der Waals surface area (Å²) in [6.07, 6.45) is 6.78. The number of carbonyl (C=O) groups excluding carboxylic acids is 2. The molecule has 1 unspecified atom stereocenters. The number of aliphatic hydroxyl groups is 1. The van der Waals surface area contributed by atoms with Crippen LogP contribution in [0.15, 0.2) is 60.7 Å². The molecule has 1 aliphatic rings. The van der Waals surface area contributed by atoms with Crippen LogP contribution in [0.4, 0.5) is 0 Å². The third kappa shape index (κ3) is 6.16. The Kier molecular flexibility index (Phi) is 8.74. The van der Waals surface area contributed by atoms with E-state index in [0.717, 1.165) is 17.5 Å². The highest BCUT2D eigenvalue weighted by Crippen LogP contribution is 2.42. The quantitative estimate of drug-likeness (QED) is 0.201. The first kappa shape index (κ1) is 28.0. The van der Waals surface area contributed by atoms with Gasteiger partial charge in [-0.15, -0.1) is 0 Å². The summed E-state index contributed by atoms with van der Waals surface area (Å²) >= 11 is 0. The number of ketones is 1. The van der Waals surface area contributed by atoms with E-state index < -0.39 is 17.7 Å². The zero-order valence-corrected chi connectivity index (χ0v) is 23.3. The number of likely N-dealkylation sites (tertiary alicyclic amines) is 1. The highest BCUT2D eigenvalue weighted by Gasteiger charge is 2.46. The lowest BCUT2D eigenvalue weighted by Crippen LogP contribution is -2.31.